The first-order valence-electron chi connectivity index (χ1n) is 9.08. The predicted molar refractivity (Wildman–Crippen MR) is 110 cm³/mol. The lowest BCUT2D eigenvalue weighted by Gasteiger charge is -2.30. The molecule has 2 unspecified atom stereocenters. The van der Waals surface area contributed by atoms with E-state index < -0.39 is 0 Å². The normalized spacial score (nSPS) is 21.1. The molecule has 3 aromatic rings. The number of hydrogen-bond donors (Lipinski definition) is 0. The fourth-order valence-corrected chi connectivity index (χ4v) is 3.98. The van der Waals surface area contributed by atoms with Gasteiger partial charge in [-0.25, -0.2) is 0 Å². The topological polar surface area (TPSA) is 15.6 Å². The van der Waals surface area contributed by atoms with Gasteiger partial charge in [0.05, 0.1) is 17.8 Å². The Hall–Kier alpha value is -3.13. The molecular weight excluding hydrogens is 316 g/mol. The van der Waals surface area contributed by atoms with Crippen LogP contribution >= 0.6 is 0 Å². The van der Waals surface area contributed by atoms with E-state index in [1.807, 2.05) is 0 Å². The van der Waals surface area contributed by atoms with Crippen molar-refractivity contribution in [2.45, 2.75) is 19.0 Å². The minimum absolute atomic E-state index is 0.162. The Morgan fingerprint density at radius 3 is 2.58 bits per heavy atom. The van der Waals surface area contributed by atoms with Gasteiger partial charge in [0.25, 0.3) is 0 Å². The van der Waals surface area contributed by atoms with Gasteiger partial charge in [-0.1, -0.05) is 84.5 Å². The van der Waals surface area contributed by atoms with Crippen LogP contribution in [-0.2, 0) is 0 Å². The molecule has 26 heavy (non-hydrogen) atoms. The molecule has 2 heteroatoms. The van der Waals surface area contributed by atoms with Crippen molar-refractivity contribution in [3.05, 3.63) is 102 Å². The Balaban J connectivity index is 1.72. The molecule has 0 aromatic heterocycles. The quantitative estimate of drug-likeness (QED) is 0.622. The van der Waals surface area contributed by atoms with Crippen LogP contribution in [-0.4, -0.2) is 17.9 Å². The Kier molecular flexibility index (Phi) is 3.49. The molecule has 1 aliphatic heterocycles. The molecule has 1 aliphatic carbocycles. The zero-order valence-corrected chi connectivity index (χ0v) is 14.7. The standard InChI is InChI=1S/C24H20N2/c1-17-8-6-11-19(16-17)24-25-21-13-4-5-14-23(21)26(24)22-15-7-10-18-9-2-3-12-20(18)22/h2-16,21,23H,1H3. The molecule has 0 saturated carbocycles. The zero-order chi connectivity index (χ0) is 17.5. The number of nitrogens with zero attached hydrogens (tertiary/aromatic N) is 2. The monoisotopic (exact) mass is 336 g/mol. The highest BCUT2D eigenvalue weighted by Gasteiger charge is 2.36. The summed E-state index contributed by atoms with van der Waals surface area (Å²) >= 11 is 0. The third kappa shape index (κ3) is 2.38. The maximum atomic E-state index is 5.09. The average molecular weight is 336 g/mol. The summed E-state index contributed by atoms with van der Waals surface area (Å²) in [4.78, 5) is 7.50. The number of allylic oxidation sites excluding steroid dienone is 2. The van der Waals surface area contributed by atoms with Crippen molar-refractivity contribution < 1.29 is 0 Å². The molecule has 2 nitrogen and oxygen atoms in total. The Morgan fingerprint density at radius 1 is 0.846 bits per heavy atom. The van der Waals surface area contributed by atoms with Crippen LogP contribution in [0.5, 0.6) is 0 Å². The second kappa shape index (κ2) is 5.99. The molecule has 3 aromatic carbocycles. The summed E-state index contributed by atoms with van der Waals surface area (Å²) in [5.41, 5.74) is 3.65. The summed E-state index contributed by atoms with van der Waals surface area (Å²) in [6, 6.07) is 24.1. The summed E-state index contributed by atoms with van der Waals surface area (Å²) in [5.74, 6) is 1.05. The summed E-state index contributed by atoms with van der Waals surface area (Å²) in [6.07, 6.45) is 8.70. The molecule has 0 N–H and O–H groups in total. The summed E-state index contributed by atoms with van der Waals surface area (Å²) in [5, 5.41) is 2.52. The number of aryl methyl sites for hydroxylation is 1. The number of hydrogen-bond acceptors (Lipinski definition) is 2. The number of benzene rings is 3. The van der Waals surface area contributed by atoms with Crippen LogP contribution in [0.15, 0.2) is 96.0 Å². The number of rotatable bonds is 2. The summed E-state index contributed by atoms with van der Waals surface area (Å²) in [7, 11) is 0. The van der Waals surface area contributed by atoms with Crippen LogP contribution in [0.25, 0.3) is 10.8 Å². The Bertz CT molecular complexity index is 1070. The lowest BCUT2D eigenvalue weighted by Crippen LogP contribution is -2.39. The van der Waals surface area contributed by atoms with Gasteiger partial charge >= 0.3 is 0 Å². The lowest BCUT2D eigenvalue weighted by atomic mass is 10.0. The molecule has 5 rings (SSSR count). The van der Waals surface area contributed by atoms with Crippen LogP contribution in [0.3, 0.4) is 0 Å². The molecule has 2 aliphatic rings. The van der Waals surface area contributed by atoms with Gasteiger partial charge < -0.3 is 4.90 Å². The first-order valence-corrected chi connectivity index (χ1v) is 9.08. The van der Waals surface area contributed by atoms with Gasteiger partial charge in [0.1, 0.15) is 5.84 Å². The van der Waals surface area contributed by atoms with E-state index in [0.29, 0.717) is 0 Å². The molecule has 0 bridgehead atoms. The van der Waals surface area contributed by atoms with Gasteiger partial charge in [0.2, 0.25) is 0 Å². The van der Waals surface area contributed by atoms with Gasteiger partial charge in [0, 0.05) is 10.9 Å². The largest absolute Gasteiger partial charge is 0.316 e. The highest BCUT2D eigenvalue weighted by molar-refractivity contribution is 6.15. The molecule has 1 heterocycles. The van der Waals surface area contributed by atoms with E-state index in [9.17, 15) is 0 Å². The van der Waals surface area contributed by atoms with Crippen LogP contribution in [0.2, 0.25) is 0 Å². The fourth-order valence-electron chi connectivity index (χ4n) is 3.98. The number of amidine groups is 1. The highest BCUT2D eigenvalue weighted by atomic mass is 15.3. The first kappa shape index (κ1) is 15.2. The van der Waals surface area contributed by atoms with E-state index in [1.165, 1.54) is 27.6 Å². The zero-order valence-electron chi connectivity index (χ0n) is 14.7. The maximum Gasteiger partial charge on any atom is 0.136 e. The van der Waals surface area contributed by atoms with Gasteiger partial charge in [0.15, 0.2) is 0 Å². The third-order valence-corrected chi connectivity index (χ3v) is 5.18. The van der Waals surface area contributed by atoms with Crippen LogP contribution in [0.4, 0.5) is 5.69 Å². The van der Waals surface area contributed by atoms with E-state index in [0.717, 1.165) is 5.84 Å². The highest BCUT2D eigenvalue weighted by Crippen LogP contribution is 2.35. The van der Waals surface area contributed by atoms with E-state index in [4.69, 9.17) is 4.99 Å². The third-order valence-electron chi connectivity index (χ3n) is 5.18. The SMILES string of the molecule is Cc1cccc(C2=NC3C=CC=CC3N2c2cccc3ccccc23)c1. The van der Waals surface area contributed by atoms with Gasteiger partial charge in [-0.05, 0) is 24.4 Å². The molecule has 0 saturated heterocycles. The smallest absolute Gasteiger partial charge is 0.136 e. The second-order valence-corrected chi connectivity index (χ2v) is 6.94. The van der Waals surface area contributed by atoms with E-state index in [-0.39, 0.29) is 12.1 Å². The van der Waals surface area contributed by atoms with Crippen molar-refractivity contribution in [2.75, 3.05) is 4.90 Å². The van der Waals surface area contributed by atoms with Crippen LogP contribution < -0.4 is 4.90 Å². The van der Waals surface area contributed by atoms with E-state index in [1.54, 1.807) is 0 Å². The number of aliphatic imine (C=N–C) groups is 1. The predicted octanol–water partition coefficient (Wildman–Crippen LogP) is 5.28. The maximum absolute atomic E-state index is 5.09. The molecule has 0 radical (unpaired) electrons. The van der Waals surface area contributed by atoms with Crippen LogP contribution in [0.1, 0.15) is 11.1 Å². The molecule has 0 amide bonds. The fraction of sp³-hybridized carbons (Fsp3) is 0.125. The van der Waals surface area contributed by atoms with Crippen molar-refractivity contribution in [2.24, 2.45) is 4.99 Å². The van der Waals surface area contributed by atoms with Crippen LogP contribution in [0, 0.1) is 6.92 Å². The van der Waals surface area contributed by atoms with Crippen molar-refractivity contribution in [1.82, 2.24) is 0 Å². The summed E-state index contributed by atoms with van der Waals surface area (Å²) in [6.45, 7) is 2.13. The van der Waals surface area contributed by atoms with Crippen molar-refractivity contribution in [3.8, 4) is 0 Å². The Labute approximate surface area is 153 Å². The molecule has 2 atom stereocenters. The van der Waals surface area contributed by atoms with Gasteiger partial charge in [-0.2, -0.15) is 0 Å². The minimum Gasteiger partial charge on any atom is -0.316 e. The van der Waals surface area contributed by atoms with E-state index in [2.05, 4.69) is 103 Å². The number of fused-ring (bicyclic) bond motifs is 2. The van der Waals surface area contributed by atoms with Crippen molar-refractivity contribution >= 4 is 22.3 Å². The molecular formula is C24H20N2. The lowest BCUT2D eigenvalue weighted by molar-refractivity contribution is 0.740. The minimum atomic E-state index is 0.162. The molecule has 126 valence electrons. The van der Waals surface area contributed by atoms with Crippen molar-refractivity contribution in [1.29, 1.82) is 0 Å². The summed E-state index contributed by atoms with van der Waals surface area (Å²) < 4.78 is 0. The van der Waals surface area contributed by atoms with E-state index >= 15 is 0 Å². The second-order valence-electron chi connectivity index (χ2n) is 6.94. The van der Waals surface area contributed by atoms with Gasteiger partial charge in [-0.3, -0.25) is 4.99 Å². The molecule has 0 fully saturated rings. The number of anilines is 1. The van der Waals surface area contributed by atoms with Gasteiger partial charge in [-0.15, -0.1) is 0 Å². The Morgan fingerprint density at radius 2 is 1.65 bits per heavy atom. The van der Waals surface area contributed by atoms with Crippen molar-refractivity contribution in [3.63, 3.8) is 0 Å². The first-order chi connectivity index (χ1) is 12.8. The molecule has 0 spiro atoms. The average Bonchev–Trinajstić information content (AvgIpc) is 3.07.